The Hall–Kier alpha value is -1.87. The van der Waals surface area contributed by atoms with E-state index in [4.69, 9.17) is 5.14 Å². The first-order valence-corrected chi connectivity index (χ1v) is 6.79. The summed E-state index contributed by atoms with van der Waals surface area (Å²) in [5.41, 5.74) is 0.0692. The zero-order valence-electron chi connectivity index (χ0n) is 10.7. The van der Waals surface area contributed by atoms with Crippen LogP contribution in [-0.2, 0) is 26.6 Å². The van der Waals surface area contributed by atoms with Crippen molar-refractivity contribution < 1.29 is 22.7 Å². The first kappa shape index (κ1) is 15.2. The molecule has 0 saturated carbocycles. The summed E-state index contributed by atoms with van der Waals surface area (Å²) < 4.78 is 28.1. The second kappa shape index (κ2) is 5.41. The van der Waals surface area contributed by atoms with Crippen molar-refractivity contribution in [1.82, 2.24) is 9.88 Å². The average molecular weight is 289 g/mol. The number of hydrogen-bond acceptors (Lipinski definition) is 5. The van der Waals surface area contributed by atoms with Crippen molar-refractivity contribution in [2.24, 2.45) is 12.2 Å². The first-order chi connectivity index (χ1) is 8.66. The van der Waals surface area contributed by atoms with E-state index in [1.807, 2.05) is 0 Å². The topological polar surface area (TPSA) is 120 Å². The second-order valence-electron chi connectivity index (χ2n) is 3.94. The highest BCUT2D eigenvalue weighted by Gasteiger charge is 2.21. The highest BCUT2D eigenvalue weighted by atomic mass is 32.2. The normalized spacial score (nSPS) is 12.8. The lowest BCUT2D eigenvalue weighted by molar-refractivity contribution is -0.142. The van der Waals surface area contributed by atoms with Crippen LogP contribution in [0.2, 0.25) is 0 Å². The number of sulfonamides is 1. The lowest BCUT2D eigenvalue weighted by Crippen LogP contribution is -2.39. The molecule has 1 rings (SSSR count). The number of esters is 1. The van der Waals surface area contributed by atoms with Gasteiger partial charge in [-0.2, -0.15) is 0 Å². The van der Waals surface area contributed by atoms with Crippen molar-refractivity contribution in [2.75, 3.05) is 7.11 Å². The molecular weight excluding hydrogens is 274 g/mol. The van der Waals surface area contributed by atoms with Crippen LogP contribution in [0, 0.1) is 0 Å². The standard InChI is InChI=1S/C10H15N3O5S/c1-6(10(15)18-3)12-9(14)8-4-7(5-13(8)2)19(11,16)17/h4-6H,1-3H3,(H,12,14)(H2,11,16,17)/t6-/m0/s1. The predicted molar refractivity (Wildman–Crippen MR) is 65.7 cm³/mol. The molecule has 9 heteroatoms. The maximum Gasteiger partial charge on any atom is 0.328 e. The van der Waals surface area contributed by atoms with Gasteiger partial charge in [-0.1, -0.05) is 0 Å². The summed E-state index contributed by atoms with van der Waals surface area (Å²) in [5.74, 6) is -1.20. The number of rotatable bonds is 4. The number of nitrogens with zero attached hydrogens (tertiary/aromatic N) is 1. The minimum Gasteiger partial charge on any atom is -0.467 e. The highest BCUT2D eigenvalue weighted by Crippen LogP contribution is 2.11. The minimum atomic E-state index is -3.88. The van der Waals surface area contributed by atoms with E-state index in [2.05, 4.69) is 10.1 Å². The van der Waals surface area contributed by atoms with E-state index in [1.54, 1.807) is 0 Å². The molecule has 0 bridgehead atoms. The van der Waals surface area contributed by atoms with Gasteiger partial charge in [-0.15, -0.1) is 0 Å². The van der Waals surface area contributed by atoms with E-state index in [9.17, 15) is 18.0 Å². The third kappa shape index (κ3) is 3.55. The van der Waals surface area contributed by atoms with Gasteiger partial charge in [-0.3, -0.25) is 4.79 Å². The number of aromatic nitrogens is 1. The van der Waals surface area contributed by atoms with Gasteiger partial charge in [0.2, 0.25) is 10.0 Å². The summed E-state index contributed by atoms with van der Waals surface area (Å²) >= 11 is 0. The molecule has 1 aromatic rings. The number of hydrogen-bond donors (Lipinski definition) is 2. The number of carbonyl (C=O) groups is 2. The van der Waals surface area contributed by atoms with Crippen LogP contribution in [0.1, 0.15) is 17.4 Å². The molecule has 19 heavy (non-hydrogen) atoms. The molecule has 0 radical (unpaired) electrons. The average Bonchev–Trinajstić information content (AvgIpc) is 2.69. The largest absolute Gasteiger partial charge is 0.467 e. The molecule has 0 aliphatic heterocycles. The van der Waals surface area contributed by atoms with E-state index in [-0.39, 0.29) is 10.6 Å². The molecule has 0 fully saturated rings. The number of nitrogens with two attached hydrogens (primary N) is 1. The molecule has 1 aromatic heterocycles. The van der Waals surface area contributed by atoms with Crippen LogP contribution < -0.4 is 10.5 Å². The Morgan fingerprint density at radius 1 is 1.47 bits per heavy atom. The quantitative estimate of drug-likeness (QED) is 0.686. The van der Waals surface area contributed by atoms with Crippen LogP contribution in [-0.4, -0.2) is 38.0 Å². The second-order valence-corrected chi connectivity index (χ2v) is 5.50. The number of methoxy groups -OCH3 is 1. The molecule has 1 atom stereocenters. The summed E-state index contributed by atoms with van der Waals surface area (Å²) in [6.45, 7) is 1.45. The molecule has 1 heterocycles. The third-order valence-corrected chi connectivity index (χ3v) is 3.32. The summed E-state index contributed by atoms with van der Waals surface area (Å²) in [5, 5.41) is 7.35. The SMILES string of the molecule is COC(=O)[C@H](C)NC(=O)c1cc(S(N)(=O)=O)cn1C. The number of nitrogens with one attached hydrogen (secondary N) is 1. The van der Waals surface area contributed by atoms with Crippen molar-refractivity contribution in [2.45, 2.75) is 17.9 Å². The lowest BCUT2D eigenvalue weighted by Gasteiger charge is -2.11. The van der Waals surface area contributed by atoms with Crippen LogP contribution in [0.25, 0.3) is 0 Å². The van der Waals surface area contributed by atoms with Crippen LogP contribution in [0.15, 0.2) is 17.2 Å². The van der Waals surface area contributed by atoms with Gasteiger partial charge < -0.3 is 14.6 Å². The Balaban J connectivity index is 2.96. The zero-order valence-corrected chi connectivity index (χ0v) is 11.5. The lowest BCUT2D eigenvalue weighted by atomic mass is 10.3. The Kier molecular flexibility index (Phi) is 4.32. The van der Waals surface area contributed by atoms with Crippen LogP contribution >= 0.6 is 0 Å². The molecule has 0 aromatic carbocycles. The Labute approximate surface area is 110 Å². The van der Waals surface area contributed by atoms with Gasteiger partial charge >= 0.3 is 5.97 Å². The van der Waals surface area contributed by atoms with Crippen molar-refractivity contribution in [3.05, 3.63) is 18.0 Å². The Morgan fingerprint density at radius 3 is 2.47 bits per heavy atom. The Bertz CT molecular complexity index is 605. The minimum absolute atomic E-state index is 0.0692. The maximum atomic E-state index is 11.9. The van der Waals surface area contributed by atoms with Crippen LogP contribution in [0.5, 0.6) is 0 Å². The van der Waals surface area contributed by atoms with Crippen molar-refractivity contribution in [1.29, 1.82) is 0 Å². The van der Waals surface area contributed by atoms with Crippen molar-refractivity contribution in [3.8, 4) is 0 Å². The van der Waals surface area contributed by atoms with Gasteiger partial charge in [-0.05, 0) is 13.0 Å². The molecular formula is C10H15N3O5S. The highest BCUT2D eigenvalue weighted by molar-refractivity contribution is 7.89. The fraction of sp³-hybridized carbons (Fsp3) is 0.400. The van der Waals surface area contributed by atoms with Crippen LogP contribution in [0.4, 0.5) is 0 Å². The van der Waals surface area contributed by atoms with Gasteiger partial charge in [0.1, 0.15) is 16.6 Å². The number of ether oxygens (including phenoxy) is 1. The number of primary sulfonamides is 1. The van der Waals surface area contributed by atoms with Gasteiger partial charge in [0, 0.05) is 13.2 Å². The smallest absolute Gasteiger partial charge is 0.328 e. The molecule has 0 aliphatic rings. The van der Waals surface area contributed by atoms with Crippen LogP contribution in [0.3, 0.4) is 0 Å². The summed E-state index contributed by atoms with van der Waals surface area (Å²) in [6.07, 6.45) is 1.22. The van der Waals surface area contributed by atoms with E-state index in [0.29, 0.717) is 0 Å². The van der Waals surface area contributed by atoms with Gasteiger partial charge in [0.25, 0.3) is 5.91 Å². The summed E-state index contributed by atoms with van der Waals surface area (Å²) in [4.78, 5) is 22.9. The number of amides is 1. The monoisotopic (exact) mass is 289 g/mol. The van der Waals surface area contributed by atoms with E-state index in [0.717, 1.165) is 6.07 Å². The van der Waals surface area contributed by atoms with E-state index >= 15 is 0 Å². The molecule has 1 amide bonds. The van der Waals surface area contributed by atoms with Gasteiger partial charge in [-0.25, -0.2) is 18.4 Å². The number of carbonyl (C=O) groups excluding carboxylic acids is 2. The zero-order chi connectivity index (χ0) is 14.8. The molecule has 8 nitrogen and oxygen atoms in total. The molecule has 0 aliphatic carbocycles. The van der Waals surface area contributed by atoms with Crippen molar-refractivity contribution >= 4 is 21.9 Å². The van der Waals surface area contributed by atoms with Gasteiger partial charge in [0.15, 0.2) is 0 Å². The first-order valence-electron chi connectivity index (χ1n) is 5.24. The summed E-state index contributed by atoms with van der Waals surface area (Å²) in [6, 6.07) is 0.291. The third-order valence-electron chi connectivity index (χ3n) is 2.44. The maximum absolute atomic E-state index is 11.9. The molecule has 106 valence electrons. The summed E-state index contributed by atoms with van der Waals surface area (Å²) in [7, 11) is -1.19. The fourth-order valence-electron chi connectivity index (χ4n) is 1.42. The van der Waals surface area contributed by atoms with E-state index in [1.165, 1.54) is 31.8 Å². The number of aryl methyl sites for hydroxylation is 1. The fourth-order valence-corrected chi connectivity index (χ4v) is 2.00. The van der Waals surface area contributed by atoms with Crippen molar-refractivity contribution in [3.63, 3.8) is 0 Å². The Morgan fingerprint density at radius 2 is 2.05 bits per heavy atom. The molecule has 0 saturated heterocycles. The van der Waals surface area contributed by atoms with E-state index < -0.39 is 27.9 Å². The molecule has 3 N–H and O–H groups in total. The predicted octanol–water partition coefficient (Wildman–Crippen LogP) is -1.04. The molecule has 0 unspecified atom stereocenters. The molecule has 0 spiro atoms. The van der Waals surface area contributed by atoms with Gasteiger partial charge in [0.05, 0.1) is 7.11 Å².